The van der Waals surface area contributed by atoms with Gasteiger partial charge < -0.3 is 14.5 Å². The number of pyridine rings is 3. The van der Waals surface area contributed by atoms with E-state index in [1.807, 2.05) is 30.6 Å². The van der Waals surface area contributed by atoms with Crippen molar-refractivity contribution in [3.8, 4) is 11.5 Å². The smallest absolute Gasteiger partial charge is 0.148 e. The second-order valence-electron chi connectivity index (χ2n) is 12.3. The molecule has 44 heavy (non-hydrogen) atoms. The number of para-hydroxylation sites is 3. The zero-order chi connectivity index (χ0) is 30.1. The van der Waals surface area contributed by atoms with Crippen molar-refractivity contribution in [1.29, 1.82) is 0 Å². The van der Waals surface area contributed by atoms with Gasteiger partial charge in [-0.3, -0.25) is 9.38 Å². The van der Waals surface area contributed by atoms with Gasteiger partial charge in [0.2, 0.25) is 0 Å². The third-order valence-electron chi connectivity index (χ3n) is 8.77. The molecule has 5 heterocycles. The minimum atomic E-state index is 0.341. The van der Waals surface area contributed by atoms with E-state index in [1.54, 1.807) is 0 Å². The summed E-state index contributed by atoms with van der Waals surface area (Å²) in [4.78, 5) is 19.4. The zero-order valence-corrected chi connectivity index (χ0v) is 25.6. The highest BCUT2D eigenvalue weighted by Gasteiger charge is 2.29. The van der Waals surface area contributed by atoms with Crippen molar-refractivity contribution >= 4 is 55.7 Å². The Morgan fingerprint density at radius 3 is 2.39 bits per heavy atom. The van der Waals surface area contributed by atoms with Crippen molar-refractivity contribution in [2.75, 3.05) is 23.5 Å². The van der Waals surface area contributed by atoms with E-state index in [1.165, 1.54) is 22.5 Å². The van der Waals surface area contributed by atoms with Crippen molar-refractivity contribution in [3.63, 3.8) is 0 Å². The van der Waals surface area contributed by atoms with Gasteiger partial charge in [-0.15, -0.1) is 0 Å². The van der Waals surface area contributed by atoms with Crippen LogP contribution in [0.1, 0.15) is 50.7 Å². The summed E-state index contributed by atoms with van der Waals surface area (Å²) in [5.41, 5.74) is 9.97. The maximum Gasteiger partial charge on any atom is 0.148 e. The molecule has 218 valence electrons. The maximum atomic E-state index is 6.51. The molecular formula is C37H34N6O. The van der Waals surface area contributed by atoms with Gasteiger partial charge in [-0.1, -0.05) is 64.1 Å². The Bertz CT molecular complexity index is 2230. The molecule has 1 aliphatic rings. The summed E-state index contributed by atoms with van der Waals surface area (Å²) in [6.45, 7) is 9.66. The van der Waals surface area contributed by atoms with Gasteiger partial charge in [-0.2, -0.15) is 0 Å². The summed E-state index contributed by atoms with van der Waals surface area (Å²) in [5, 5.41) is 2.12. The molecule has 0 aliphatic carbocycles. The molecular weight excluding hydrogens is 544 g/mol. The lowest BCUT2D eigenvalue weighted by molar-refractivity contribution is 0.480. The van der Waals surface area contributed by atoms with Gasteiger partial charge in [0, 0.05) is 30.1 Å². The van der Waals surface area contributed by atoms with E-state index in [0.717, 1.165) is 51.0 Å². The van der Waals surface area contributed by atoms with Crippen LogP contribution in [0, 0.1) is 0 Å². The first-order chi connectivity index (χ1) is 21.4. The number of ether oxygens (including phenoxy) is 1. The second kappa shape index (κ2) is 9.95. The van der Waals surface area contributed by atoms with Crippen LogP contribution < -0.4 is 14.5 Å². The number of aromatic nitrogens is 4. The number of imidazole rings is 1. The lowest BCUT2D eigenvalue weighted by atomic mass is 9.96. The van der Waals surface area contributed by atoms with Crippen molar-refractivity contribution in [1.82, 2.24) is 19.4 Å². The Balaban J connectivity index is 1.26. The van der Waals surface area contributed by atoms with Crippen LogP contribution in [0.15, 0.2) is 91.3 Å². The molecule has 3 aromatic carbocycles. The number of hydrogen-bond donors (Lipinski definition) is 0. The standard InChI is InChI=1S/C37H34N6O/c1-22(2)26-10-8-14-31-34(26)35-28(37-40-29-12-6-7-13-30(29)43(31)37)18-25(20-39-35)44-24-16-17-38-33(19-24)42-21-41(5)32-15-9-11-27(23(3)4)36(32)42/h6-20,22-23H,21H2,1-5H3. The van der Waals surface area contributed by atoms with Crippen LogP contribution in [0.4, 0.5) is 17.2 Å². The molecule has 0 saturated carbocycles. The van der Waals surface area contributed by atoms with Gasteiger partial charge in [0.15, 0.2) is 0 Å². The molecule has 7 heteroatoms. The fourth-order valence-electron chi connectivity index (χ4n) is 6.71. The Kier molecular flexibility index (Phi) is 5.98. The minimum Gasteiger partial charge on any atom is -0.456 e. The van der Waals surface area contributed by atoms with E-state index in [9.17, 15) is 0 Å². The third-order valence-corrected chi connectivity index (χ3v) is 8.77. The fraction of sp³-hybridized carbons (Fsp3) is 0.216. The van der Waals surface area contributed by atoms with Crippen molar-refractivity contribution in [2.45, 2.75) is 39.5 Å². The predicted molar refractivity (Wildman–Crippen MR) is 180 cm³/mol. The molecule has 0 N–H and O–H groups in total. The highest BCUT2D eigenvalue weighted by Crippen LogP contribution is 2.45. The number of benzene rings is 3. The predicted octanol–water partition coefficient (Wildman–Crippen LogP) is 9.17. The topological polar surface area (TPSA) is 58.8 Å². The molecule has 0 fully saturated rings. The number of fused-ring (bicyclic) bond motifs is 9. The highest BCUT2D eigenvalue weighted by atomic mass is 16.5. The Morgan fingerprint density at radius 1 is 0.773 bits per heavy atom. The normalized spacial score (nSPS) is 13.3. The first kappa shape index (κ1) is 26.5. The van der Waals surface area contributed by atoms with E-state index in [-0.39, 0.29) is 0 Å². The van der Waals surface area contributed by atoms with Crippen molar-refractivity contribution in [3.05, 3.63) is 102 Å². The molecule has 0 saturated heterocycles. The molecule has 0 amide bonds. The average molecular weight is 579 g/mol. The average Bonchev–Trinajstić information content (AvgIpc) is 3.59. The van der Waals surface area contributed by atoms with E-state index < -0.39 is 0 Å². The first-order valence-corrected chi connectivity index (χ1v) is 15.3. The molecule has 7 aromatic rings. The third kappa shape index (κ3) is 3.99. The molecule has 0 atom stereocenters. The summed E-state index contributed by atoms with van der Waals surface area (Å²) in [6, 6.07) is 27.3. The number of nitrogens with zero attached hydrogens (tertiary/aromatic N) is 6. The quantitative estimate of drug-likeness (QED) is 0.190. The molecule has 0 bridgehead atoms. The summed E-state index contributed by atoms with van der Waals surface area (Å²) in [7, 11) is 2.12. The number of anilines is 3. The molecule has 8 rings (SSSR count). The fourth-order valence-corrected chi connectivity index (χ4v) is 6.71. The molecule has 0 radical (unpaired) electrons. The van der Waals surface area contributed by atoms with Crippen LogP contribution in [0.3, 0.4) is 0 Å². The van der Waals surface area contributed by atoms with Gasteiger partial charge in [0.05, 0.1) is 46.3 Å². The van der Waals surface area contributed by atoms with E-state index >= 15 is 0 Å². The lowest BCUT2D eigenvalue weighted by Gasteiger charge is -2.22. The van der Waals surface area contributed by atoms with Gasteiger partial charge in [0.25, 0.3) is 0 Å². The summed E-state index contributed by atoms with van der Waals surface area (Å²) >= 11 is 0. The Morgan fingerprint density at radius 2 is 1.55 bits per heavy atom. The van der Waals surface area contributed by atoms with E-state index in [0.29, 0.717) is 23.3 Å². The SMILES string of the molecule is CC(C)c1cccc2c1N(c1cc(Oc3cnc4c(c3)c3nc5ccccc5n3c3cccc(C(C)C)c43)ccn1)CN2C. The first-order valence-electron chi connectivity index (χ1n) is 15.3. The number of rotatable bonds is 5. The summed E-state index contributed by atoms with van der Waals surface area (Å²) in [5.74, 6) is 2.96. The second-order valence-corrected chi connectivity index (χ2v) is 12.3. The monoisotopic (exact) mass is 578 g/mol. The van der Waals surface area contributed by atoms with Crippen LogP contribution in [-0.2, 0) is 0 Å². The Labute approximate surface area is 256 Å². The summed E-state index contributed by atoms with van der Waals surface area (Å²) < 4.78 is 8.78. The van der Waals surface area contributed by atoms with Crippen LogP contribution in [0.25, 0.3) is 38.5 Å². The molecule has 1 aliphatic heterocycles. The molecule has 0 spiro atoms. The zero-order valence-electron chi connectivity index (χ0n) is 25.6. The van der Waals surface area contributed by atoms with Gasteiger partial charge in [-0.25, -0.2) is 9.97 Å². The largest absolute Gasteiger partial charge is 0.456 e. The van der Waals surface area contributed by atoms with Gasteiger partial charge in [-0.05, 0) is 59.4 Å². The minimum absolute atomic E-state index is 0.341. The van der Waals surface area contributed by atoms with E-state index in [4.69, 9.17) is 19.7 Å². The molecule has 4 aromatic heterocycles. The molecule has 7 nitrogen and oxygen atoms in total. The van der Waals surface area contributed by atoms with E-state index in [2.05, 4.69) is 110 Å². The molecule has 0 unspecified atom stereocenters. The van der Waals surface area contributed by atoms with Crippen LogP contribution in [0.5, 0.6) is 11.5 Å². The summed E-state index contributed by atoms with van der Waals surface area (Å²) in [6.07, 6.45) is 3.64. The van der Waals surface area contributed by atoms with Crippen molar-refractivity contribution in [2.24, 2.45) is 0 Å². The van der Waals surface area contributed by atoms with Gasteiger partial charge >= 0.3 is 0 Å². The van der Waals surface area contributed by atoms with Crippen LogP contribution >= 0.6 is 0 Å². The lowest BCUT2D eigenvalue weighted by Crippen LogP contribution is -2.25. The van der Waals surface area contributed by atoms with Crippen molar-refractivity contribution < 1.29 is 4.74 Å². The van der Waals surface area contributed by atoms with Crippen LogP contribution in [-0.4, -0.2) is 33.1 Å². The van der Waals surface area contributed by atoms with Gasteiger partial charge in [0.1, 0.15) is 23.0 Å². The maximum absolute atomic E-state index is 6.51. The highest BCUT2D eigenvalue weighted by molar-refractivity contribution is 6.13. The Hall–Kier alpha value is -5.17. The van der Waals surface area contributed by atoms with Crippen LogP contribution in [0.2, 0.25) is 0 Å². The number of hydrogen-bond acceptors (Lipinski definition) is 6.